The van der Waals surface area contributed by atoms with E-state index in [9.17, 15) is 30.8 Å². The Morgan fingerprint density at radius 1 is 0.677 bits per heavy atom. The highest BCUT2D eigenvalue weighted by molar-refractivity contribution is 7.89. The number of aromatic nitrogens is 4. The van der Waals surface area contributed by atoms with E-state index < -0.39 is 32.7 Å². The number of rotatable bonds is 14. The number of carboxylic acid groups (broad SMARTS) is 1. The van der Waals surface area contributed by atoms with Gasteiger partial charge in [-0.25, -0.2) is 31.2 Å². The quantitative estimate of drug-likeness (QED) is 0.157. The molecule has 2 aromatic heterocycles. The minimum Gasteiger partial charge on any atom is -0.481 e. The van der Waals surface area contributed by atoms with Gasteiger partial charge in [0.05, 0.1) is 38.3 Å². The van der Waals surface area contributed by atoms with Crippen molar-refractivity contribution in [1.82, 2.24) is 33.0 Å². The molecule has 1 amide bonds. The minimum absolute atomic E-state index is 0.00336. The second kappa shape index (κ2) is 19.7. The maximum atomic E-state index is 13.2. The molecular weight excluding hydrogens is 878 g/mol. The number of aliphatic carboxylic acids is 1. The number of amides is 1. The molecule has 4 fully saturated rings. The lowest BCUT2D eigenvalue weighted by molar-refractivity contribution is -0.139. The summed E-state index contributed by atoms with van der Waals surface area (Å²) in [6.07, 6.45) is 4.26. The lowest BCUT2D eigenvalue weighted by Crippen LogP contribution is -2.51. The first-order valence-electron chi connectivity index (χ1n) is 22.9. The van der Waals surface area contributed by atoms with Crippen molar-refractivity contribution >= 4 is 54.0 Å². The Morgan fingerprint density at radius 3 is 1.45 bits per heavy atom. The van der Waals surface area contributed by atoms with Crippen LogP contribution in [0.2, 0.25) is 0 Å². The number of benzene rings is 2. The number of hydrogen-bond donors (Lipinski definition) is 2. The number of ether oxygens (including phenoxy) is 2. The monoisotopic (exact) mass is 943 g/mol. The van der Waals surface area contributed by atoms with Crippen LogP contribution in [0.3, 0.4) is 0 Å². The number of alkyl halides is 1. The Balaban J connectivity index is 0.000000195. The third-order valence-corrected chi connectivity index (χ3v) is 16.5. The molecule has 8 rings (SSSR count). The second-order valence-electron chi connectivity index (χ2n) is 20.2. The van der Waals surface area contributed by atoms with E-state index in [1.54, 1.807) is 24.3 Å². The molecule has 0 aliphatic carbocycles. The van der Waals surface area contributed by atoms with Crippen molar-refractivity contribution in [2.75, 3.05) is 65.8 Å². The molecule has 0 unspecified atom stereocenters. The van der Waals surface area contributed by atoms with Crippen LogP contribution in [0.25, 0.3) is 22.1 Å². The molecule has 4 aliphatic heterocycles. The lowest BCUT2D eigenvalue weighted by Gasteiger charge is -2.37. The summed E-state index contributed by atoms with van der Waals surface area (Å²) in [7, 11) is -7.32. The molecule has 0 radical (unpaired) electrons. The molecule has 0 bridgehead atoms. The minimum atomic E-state index is -3.67. The Kier molecular flexibility index (Phi) is 14.8. The Bertz CT molecular complexity index is 2560. The third kappa shape index (κ3) is 11.2. The van der Waals surface area contributed by atoms with Gasteiger partial charge in [-0.3, -0.25) is 9.59 Å². The molecule has 0 atom stereocenters. The van der Waals surface area contributed by atoms with Crippen molar-refractivity contribution in [2.24, 2.45) is 23.7 Å². The van der Waals surface area contributed by atoms with E-state index in [0.29, 0.717) is 22.9 Å². The smallest absolute Gasteiger partial charge is 0.303 e. The fourth-order valence-corrected chi connectivity index (χ4v) is 12.4. The van der Waals surface area contributed by atoms with Gasteiger partial charge >= 0.3 is 5.97 Å². The molecule has 4 aromatic rings. The molecule has 358 valence electrons. The van der Waals surface area contributed by atoms with Gasteiger partial charge in [0.25, 0.3) is 0 Å². The van der Waals surface area contributed by atoms with E-state index in [-0.39, 0.29) is 83.9 Å². The molecular formula is C46H66FN7O9S2. The molecule has 4 aliphatic rings. The Labute approximate surface area is 382 Å². The SMILES string of the molecule is CC(C)(C)c1nc2cc(S(=O)(=O)N3CC(CC(=O)NCCF)C3)ccc2n1CC1CCOCC1.CC(C)(C)c1nc2cc(S(=O)(=O)N3CC(CC(=O)O)C3)ccc2n1CC1CCOCC1. The normalized spacial score (nSPS) is 19.2. The van der Waals surface area contributed by atoms with Crippen molar-refractivity contribution in [3.05, 3.63) is 48.0 Å². The van der Waals surface area contributed by atoms with Crippen molar-refractivity contribution in [2.45, 2.75) is 114 Å². The number of fused-ring (bicyclic) bond motifs is 2. The van der Waals surface area contributed by atoms with E-state index in [4.69, 9.17) is 24.5 Å². The van der Waals surface area contributed by atoms with Gasteiger partial charge in [0.15, 0.2) is 0 Å². The largest absolute Gasteiger partial charge is 0.481 e. The molecule has 4 saturated heterocycles. The number of nitrogens with one attached hydrogen (secondary N) is 1. The standard InChI is InChI=1S/C24H35FN4O4S.C22H31N3O5S/c1-24(2,3)23-27-20-13-19(4-5-21(20)29(23)16-17-6-10-33-11-7-17)34(31,32)28-14-18(15-28)12-22(30)26-9-8-25;1-22(2,3)21-23-18-11-17(31(28,29)24-12-16(13-24)10-20(26)27)4-5-19(18)25(21)14-15-6-8-30-9-7-15/h4-5,13,17-18H,6-12,14-16H2,1-3H3,(H,26,30);4-5,11,15-16H,6-10,12-14H2,1-3H3,(H,26,27). The summed E-state index contributed by atoms with van der Waals surface area (Å²) in [6, 6.07) is 10.4. The summed E-state index contributed by atoms with van der Waals surface area (Å²) < 4.78 is 82.9. The Hall–Kier alpha value is -4.01. The summed E-state index contributed by atoms with van der Waals surface area (Å²) in [4.78, 5) is 32.8. The molecule has 0 saturated carbocycles. The van der Waals surface area contributed by atoms with E-state index >= 15 is 0 Å². The van der Waals surface area contributed by atoms with E-state index in [1.165, 1.54) is 8.61 Å². The number of nitrogens with zero attached hydrogens (tertiary/aromatic N) is 6. The zero-order valence-corrected chi connectivity index (χ0v) is 40.2. The van der Waals surface area contributed by atoms with Crippen LogP contribution < -0.4 is 5.32 Å². The molecule has 19 heteroatoms. The van der Waals surface area contributed by atoms with Crippen molar-refractivity contribution < 1.29 is 45.4 Å². The number of sulfonamides is 2. The predicted molar refractivity (Wildman–Crippen MR) is 244 cm³/mol. The van der Waals surface area contributed by atoms with Crippen LogP contribution >= 0.6 is 0 Å². The van der Waals surface area contributed by atoms with Crippen LogP contribution in [-0.2, 0) is 63.0 Å². The number of imidazole rings is 2. The third-order valence-electron chi connectivity index (χ3n) is 12.8. The van der Waals surface area contributed by atoms with Crippen molar-refractivity contribution in [1.29, 1.82) is 0 Å². The zero-order chi connectivity index (χ0) is 46.9. The fourth-order valence-electron chi connectivity index (χ4n) is 9.19. The van der Waals surface area contributed by atoms with E-state index in [0.717, 1.165) is 87.9 Å². The highest BCUT2D eigenvalue weighted by Crippen LogP contribution is 2.35. The molecule has 0 spiro atoms. The van der Waals surface area contributed by atoms with E-state index in [1.807, 2.05) is 12.1 Å². The summed E-state index contributed by atoms with van der Waals surface area (Å²) in [5, 5.41) is 11.4. The van der Waals surface area contributed by atoms with Gasteiger partial charge in [0, 0.05) is 89.5 Å². The van der Waals surface area contributed by atoms with Gasteiger partial charge in [0.2, 0.25) is 26.0 Å². The summed E-state index contributed by atoms with van der Waals surface area (Å²) >= 11 is 0. The lowest BCUT2D eigenvalue weighted by atomic mass is 9.94. The summed E-state index contributed by atoms with van der Waals surface area (Å²) in [5.74, 6) is 1.62. The molecule has 2 N–H and O–H groups in total. The highest BCUT2D eigenvalue weighted by Gasteiger charge is 2.39. The topological polar surface area (TPSA) is 195 Å². The van der Waals surface area contributed by atoms with Crippen LogP contribution in [0, 0.1) is 23.7 Å². The van der Waals surface area contributed by atoms with Crippen molar-refractivity contribution in [3.63, 3.8) is 0 Å². The van der Waals surface area contributed by atoms with Gasteiger partial charge in [-0.1, -0.05) is 41.5 Å². The van der Waals surface area contributed by atoms with Gasteiger partial charge < -0.3 is 29.0 Å². The van der Waals surface area contributed by atoms with Crippen molar-refractivity contribution in [3.8, 4) is 0 Å². The average molecular weight is 944 g/mol. The first kappa shape index (κ1) is 48.9. The number of carboxylic acids is 1. The van der Waals surface area contributed by atoms with E-state index in [2.05, 4.69) is 56.0 Å². The summed E-state index contributed by atoms with van der Waals surface area (Å²) in [6.45, 7) is 18.0. The van der Waals surface area contributed by atoms with Crippen LogP contribution in [0.15, 0.2) is 46.2 Å². The van der Waals surface area contributed by atoms with Crippen LogP contribution in [0.1, 0.15) is 91.7 Å². The first-order valence-corrected chi connectivity index (χ1v) is 25.7. The second-order valence-corrected chi connectivity index (χ2v) is 24.1. The zero-order valence-electron chi connectivity index (χ0n) is 38.6. The summed E-state index contributed by atoms with van der Waals surface area (Å²) in [5.41, 5.74) is 2.90. The number of hydrogen-bond acceptors (Lipinski definition) is 10. The predicted octanol–water partition coefficient (Wildman–Crippen LogP) is 5.71. The van der Waals surface area contributed by atoms with Gasteiger partial charge in [-0.15, -0.1) is 0 Å². The average Bonchev–Trinajstić information content (AvgIpc) is 3.78. The van der Waals surface area contributed by atoms with Gasteiger partial charge in [-0.05, 0) is 85.8 Å². The Morgan fingerprint density at radius 2 is 1.08 bits per heavy atom. The number of halogens is 1. The maximum Gasteiger partial charge on any atom is 0.303 e. The highest BCUT2D eigenvalue weighted by atomic mass is 32.2. The van der Waals surface area contributed by atoms with Gasteiger partial charge in [-0.2, -0.15) is 8.61 Å². The van der Waals surface area contributed by atoms with Crippen LogP contribution in [0.4, 0.5) is 4.39 Å². The molecule has 65 heavy (non-hydrogen) atoms. The maximum absolute atomic E-state index is 13.2. The molecule has 6 heterocycles. The van der Waals surface area contributed by atoms with Gasteiger partial charge in [0.1, 0.15) is 18.3 Å². The fraction of sp³-hybridized carbons (Fsp3) is 0.652. The molecule has 2 aromatic carbocycles. The van der Waals surface area contributed by atoms with Crippen LogP contribution in [-0.4, -0.2) is 127 Å². The molecule has 16 nitrogen and oxygen atoms in total. The first-order chi connectivity index (χ1) is 30.6. The number of carbonyl (C=O) groups is 2. The van der Waals surface area contributed by atoms with Crippen LogP contribution in [0.5, 0.6) is 0 Å². The number of carbonyl (C=O) groups excluding carboxylic acids is 1.